The summed E-state index contributed by atoms with van der Waals surface area (Å²) in [6, 6.07) is 0. The van der Waals surface area contributed by atoms with Gasteiger partial charge in [-0.05, 0) is 0 Å². The molecule has 0 aromatic carbocycles. The number of alkyl halides is 3. The van der Waals surface area contributed by atoms with Crippen molar-refractivity contribution >= 4 is 17.6 Å². The van der Waals surface area contributed by atoms with Crippen LogP contribution in [0, 0.1) is 0 Å². The van der Waals surface area contributed by atoms with Gasteiger partial charge < -0.3 is 20.5 Å². The van der Waals surface area contributed by atoms with E-state index in [1.54, 1.807) is 0 Å². The lowest BCUT2D eigenvalue weighted by atomic mass is 10.3. The smallest absolute Gasteiger partial charge is 0.437 e. The number of carboxylic acid groups (broad SMARTS) is 1. The molecule has 0 unspecified atom stereocenters. The molecule has 1 aliphatic heterocycles. The predicted octanol–water partition coefficient (Wildman–Crippen LogP) is 0.612. The average Bonchev–Trinajstić information content (AvgIpc) is 2.38. The van der Waals surface area contributed by atoms with Crippen LogP contribution in [0.25, 0.3) is 0 Å². The van der Waals surface area contributed by atoms with Gasteiger partial charge >= 0.3 is 12.1 Å². The molecule has 0 radical (unpaired) electrons. The highest BCUT2D eigenvalue weighted by atomic mass is 19.4. The van der Waals surface area contributed by atoms with E-state index in [0.717, 1.165) is 0 Å². The maximum absolute atomic E-state index is 13.0. The van der Waals surface area contributed by atoms with Gasteiger partial charge in [0.1, 0.15) is 0 Å². The molecule has 3 N–H and O–H groups in total. The predicted molar refractivity (Wildman–Crippen MR) is 61.4 cm³/mol. The molecule has 7 nitrogen and oxygen atoms in total. The van der Waals surface area contributed by atoms with E-state index >= 15 is 0 Å². The Bertz CT molecular complexity index is 529. The molecule has 1 saturated heterocycles. The summed E-state index contributed by atoms with van der Waals surface area (Å²) in [4.78, 5) is 18.9. The van der Waals surface area contributed by atoms with Gasteiger partial charge in [0, 0.05) is 13.1 Å². The molecule has 0 spiro atoms. The van der Waals surface area contributed by atoms with Crippen LogP contribution in [0.1, 0.15) is 16.2 Å². The highest BCUT2D eigenvalue weighted by Crippen LogP contribution is 2.35. The Hall–Kier alpha value is -2.10. The van der Waals surface area contributed by atoms with Gasteiger partial charge in [-0.1, -0.05) is 0 Å². The summed E-state index contributed by atoms with van der Waals surface area (Å²) >= 11 is 0. The molecular weight excluding hydrogens is 281 g/mol. The molecule has 20 heavy (non-hydrogen) atoms. The van der Waals surface area contributed by atoms with Crippen molar-refractivity contribution in [2.75, 3.05) is 36.9 Å². The van der Waals surface area contributed by atoms with Gasteiger partial charge in [0.15, 0.2) is 23.0 Å². The number of carbonyl (C=O) groups is 1. The van der Waals surface area contributed by atoms with Crippen molar-refractivity contribution in [3.05, 3.63) is 11.4 Å². The number of hydrogen-bond donors (Lipinski definition) is 2. The number of nitrogens with two attached hydrogens (primary N) is 1. The molecule has 1 aromatic rings. The van der Waals surface area contributed by atoms with Gasteiger partial charge in [0.25, 0.3) is 0 Å². The number of morpholine rings is 1. The molecule has 10 heteroatoms. The number of nitrogen functional groups attached to an aromatic ring is 1. The molecule has 1 aromatic heterocycles. The Morgan fingerprint density at radius 2 is 1.90 bits per heavy atom. The van der Waals surface area contributed by atoms with Crippen molar-refractivity contribution in [2.24, 2.45) is 0 Å². The topological polar surface area (TPSA) is 102 Å². The first kappa shape index (κ1) is 14.3. The Balaban J connectivity index is 2.55. The van der Waals surface area contributed by atoms with Crippen molar-refractivity contribution in [3.8, 4) is 0 Å². The number of aromatic carboxylic acids is 1. The van der Waals surface area contributed by atoms with Crippen LogP contribution in [-0.2, 0) is 10.9 Å². The van der Waals surface area contributed by atoms with Gasteiger partial charge in [-0.25, -0.2) is 14.8 Å². The Morgan fingerprint density at radius 3 is 2.40 bits per heavy atom. The highest BCUT2D eigenvalue weighted by molar-refractivity contribution is 5.90. The van der Waals surface area contributed by atoms with E-state index in [9.17, 15) is 18.0 Å². The zero-order valence-corrected chi connectivity index (χ0v) is 10.1. The summed E-state index contributed by atoms with van der Waals surface area (Å²) in [5.41, 5.74) is 3.23. The summed E-state index contributed by atoms with van der Waals surface area (Å²) in [5.74, 6) is -2.83. The first-order valence-electron chi connectivity index (χ1n) is 5.61. The third-order valence-electron chi connectivity index (χ3n) is 2.69. The van der Waals surface area contributed by atoms with Crippen molar-refractivity contribution in [3.63, 3.8) is 0 Å². The van der Waals surface area contributed by atoms with Gasteiger partial charge in [0.05, 0.1) is 13.2 Å². The SMILES string of the molecule is Nc1nc(C(F)(F)F)c(N2CCOCC2)nc1C(=O)O. The first-order chi connectivity index (χ1) is 9.30. The summed E-state index contributed by atoms with van der Waals surface area (Å²) in [5, 5.41) is 8.88. The summed E-state index contributed by atoms with van der Waals surface area (Å²) in [6.07, 6.45) is -4.77. The number of nitrogens with zero attached hydrogens (tertiary/aromatic N) is 3. The minimum absolute atomic E-state index is 0.167. The molecule has 0 saturated carbocycles. The van der Waals surface area contributed by atoms with E-state index in [1.807, 2.05) is 0 Å². The number of rotatable bonds is 2. The van der Waals surface area contributed by atoms with E-state index in [4.69, 9.17) is 15.6 Å². The number of hydrogen-bond acceptors (Lipinski definition) is 6. The van der Waals surface area contributed by atoms with Crippen molar-refractivity contribution in [2.45, 2.75) is 6.18 Å². The monoisotopic (exact) mass is 292 g/mol. The maximum Gasteiger partial charge on any atom is 0.437 e. The molecule has 110 valence electrons. The molecule has 0 amide bonds. The zero-order valence-electron chi connectivity index (χ0n) is 10.1. The minimum atomic E-state index is -4.77. The quantitative estimate of drug-likeness (QED) is 0.823. The van der Waals surface area contributed by atoms with Crippen molar-refractivity contribution in [1.82, 2.24) is 9.97 Å². The number of aromatic nitrogens is 2. The van der Waals surface area contributed by atoms with Crippen molar-refractivity contribution < 1.29 is 27.8 Å². The van der Waals surface area contributed by atoms with Gasteiger partial charge in [-0.3, -0.25) is 0 Å². The van der Waals surface area contributed by atoms with E-state index in [1.165, 1.54) is 4.90 Å². The molecule has 0 aliphatic carbocycles. The Kier molecular flexibility index (Phi) is 3.66. The van der Waals surface area contributed by atoms with E-state index < -0.39 is 35.2 Å². The number of carboxylic acids is 1. The van der Waals surface area contributed by atoms with Crippen LogP contribution in [0.15, 0.2) is 0 Å². The van der Waals surface area contributed by atoms with E-state index in [0.29, 0.717) is 0 Å². The van der Waals surface area contributed by atoms with Crippen molar-refractivity contribution in [1.29, 1.82) is 0 Å². The van der Waals surface area contributed by atoms with Crippen LogP contribution >= 0.6 is 0 Å². The Morgan fingerprint density at radius 1 is 1.30 bits per heavy atom. The average molecular weight is 292 g/mol. The molecule has 0 atom stereocenters. The van der Waals surface area contributed by atoms with Crippen LogP contribution < -0.4 is 10.6 Å². The van der Waals surface area contributed by atoms with Gasteiger partial charge in [-0.15, -0.1) is 0 Å². The van der Waals surface area contributed by atoms with Gasteiger partial charge in [0.2, 0.25) is 0 Å². The van der Waals surface area contributed by atoms with Crippen LogP contribution in [0.2, 0.25) is 0 Å². The lowest BCUT2D eigenvalue weighted by Gasteiger charge is -2.29. The second kappa shape index (κ2) is 5.12. The van der Waals surface area contributed by atoms with Crippen LogP contribution in [0.5, 0.6) is 0 Å². The molecule has 2 heterocycles. The number of ether oxygens (including phenoxy) is 1. The normalized spacial score (nSPS) is 16.2. The summed E-state index contributed by atoms with van der Waals surface area (Å²) < 4.78 is 43.9. The lowest BCUT2D eigenvalue weighted by Crippen LogP contribution is -2.38. The summed E-state index contributed by atoms with van der Waals surface area (Å²) in [7, 11) is 0. The fraction of sp³-hybridized carbons (Fsp3) is 0.500. The molecule has 2 rings (SSSR count). The standard InChI is InChI=1S/C10H11F3N4O3/c11-10(12,13)6-8(17-1-3-20-4-2-17)15-5(9(18)19)7(14)16-6/h1-4H2,(H2,14,16)(H,18,19). The maximum atomic E-state index is 13.0. The van der Waals surface area contributed by atoms with Crippen LogP contribution in [0.3, 0.4) is 0 Å². The fourth-order valence-corrected chi connectivity index (χ4v) is 1.78. The third-order valence-corrected chi connectivity index (χ3v) is 2.69. The molecule has 1 fully saturated rings. The van der Waals surface area contributed by atoms with E-state index in [-0.39, 0.29) is 26.3 Å². The second-order valence-corrected chi connectivity index (χ2v) is 4.03. The minimum Gasteiger partial charge on any atom is -0.476 e. The zero-order chi connectivity index (χ0) is 14.9. The summed E-state index contributed by atoms with van der Waals surface area (Å²) in [6.45, 7) is 0.791. The molecular formula is C10H11F3N4O3. The fourth-order valence-electron chi connectivity index (χ4n) is 1.78. The molecule has 0 bridgehead atoms. The van der Waals surface area contributed by atoms with Gasteiger partial charge in [-0.2, -0.15) is 13.2 Å². The van der Waals surface area contributed by atoms with E-state index in [2.05, 4.69) is 9.97 Å². The van der Waals surface area contributed by atoms with Crippen LogP contribution in [0.4, 0.5) is 24.8 Å². The second-order valence-electron chi connectivity index (χ2n) is 4.03. The number of halogens is 3. The highest BCUT2D eigenvalue weighted by Gasteiger charge is 2.39. The lowest BCUT2D eigenvalue weighted by molar-refractivity contribution is -0.140. The molecule has 1 aliphatic rings. The Labute approximate surface area is 111 Å². The largest absolute Gasteiger partial charge is 0.476 e. The third kappa shape index (κ3) is 2.74. The number of anilines is 2. The van der Waals surface area contributed by atoms with Crippen LogP contribution in [-0.4, -0.2) is 47.3 Å². The first-order valence-corrected chi connectivity index (χ1v) is 5.61.